The van der Waals surface area contributed by atoms with Crippen molar-refractivity contribution in [3.8, 4) is 0 Å². The van der Waals surface area contributed by atoms with Crippen LogP contribution >= 0.6 is 23.6 Å². The van der Waals surface area contributed by atoms with Crippen LogP contribution in [0.4, 0.5) is 5.00 Å². The van der Waals surface area contributed by atoms with Crippen LogP contribution in [-0.4, -0.2) is 40.7 Å². The number of fused-ring (bicyclic) bond motifs is 5. The minimum Gasteiger partial charge on any atom is -0.465 e. The topological polar surface area (TPSA) is 63.6 Å². The lowest BCUT2D eigenvalue weighted by Crippen LogP contribution is -2.50. The van der Waals surface area contributed by atoms with Crippen molar-refractivity contribution in [3.63, 3.8) is 0 Å². The number of esters is 1. The van der Waals surface area contributed by atoms with E-state index in [0.29, 0.717) is 22.5 Å². The van der Waals surface area contributed by atoms with Crippen LogP contribution in [0.2, 0.25) is 0 Å². The summed E-state index contributed by atoms with van der Waals surface area (Å²) >= 11 is 7.50. The monoisotopic (exact) mass is 471 g/mol. The van der Waals surface area contributed by atoms with E-state index in [1.54, 1.807) is 17.4 Å². The van der Waals surface area contributed by atoms with Gasteiger partial charge in [-0.2, -0.15) is 0 Å². The number of pyridine rings is 1. The van der Waals surface area contributed by atoms with Crippen LogP contribution in [0.5, 0.6) is 0 Å². The minimum absolute atomic E-state index is 0.0880. The van der Waals surface area contributed by atoms with Crippen LogP contribution in [0.25, 0.3) is 0 Å². The van der Waals surface area contributed by atoms with Gasteiger partial charge in [0, 0.05) is 42.2 Å². The maximum absolute atomic E-state index is 12.7. The van der Waals surface area contributed by atoms with Gasteiger partial charge in [0.15, 0.2) is 5.11 Å². The second kappa shape index (κ2) is 8.98. The van der Waals surface area contributed by atoms with Gasteiger partial charge < -0.3 is 19.5 Å². The molecular weight excluding hydrogens is 442 g/mol. The van der Waals surface area contributed by atoms with Crippen molar-refractivity contribution in [1.82, 2.24) is 9.47 Å². The summed E-state index contributed by atoms with van der Waals surface area (Å²) in [5, 5.41) is 4.90. The number of ether oxygens (including phenoxy) is 1. The van der Waals surface area contributed by atoms with E-state index in [4.69, 9.17) is 17.0 Å². The molecule has 0 radical (unpaired) electrons. The summed E-state index contributed by atoms with van der Waals surface area (Å²) in [6.07, 6.45) is 7.73. The number of nitrogens with one attached hydrogen (secondary N) is 1. The van der Waals surface area contributed by atoms with Gasteiger partial charge in [0.2, 0.25) is 0 Å². The lowest BCUT2D eigenvalue weighted by Gasteiger charge is -2.43. The van der Waals surface area contributed by atoms with E-state index in [1.165, 1.54) is 24.8 Å². The number of nitrogens with zero attached hydrogens (tertiary/aromatic N) is 2. The van der Waals surface area contributed by atoms with Gasteiger partial charge in [-0.3, -0.25) is 4.79 Å². The van der Waals surface area contributed by atoms with Gasteiger partial charge in [0.1, 0.15) is 5.00 Å². The molecule has 0 unspecified atom stereocenters. The molecule has 5 rings (SSSR count). The number of aromatic nitrogens is 1. The van der Waals surface area contributed by atoms with Gasteiger partial charge in [0.05, 0.1) is 12.7 Å². The molecule has 6 nitrogen and oxygen atoms in total. The number of aryl methyl sites for hydroxylation is 1. The van der Waals surface area contributed by atoms with E-state index in [2.05, 4.69) is 16.3 Å². The van der Waals surface area contributed by atoms with E-state index >= 15 is 0 Å². The third-order valence-corrected chi connectivity index (χ3v) is 8.62. The summed E-state index contributed by atoms with van der Waals surface area (Å²) in [5.41, 5.74) is 3.02. The molecule has 4 heterocycles. The largest absolute Gasteiger partial charge is 0.465 e. The van der Waals surface area contributed by atoms with Crippen molar-refractivity contribution in [1.29, 1.82) is 0 Å². The number of carbonyl (C=O) groups excluding carboxylic acids is 1. The molecule has 0 aromatic carbocycles. The number of likely N-dealkylation sites (tertiary alicyclic amines) is 1. The Morgan fingerprint density at radius 2 is 1.97 bits per heavy atom. The Hall–Kier alpha value is -2.19. The third kappa shape index (κ3) is 3.99. The SMILES string of the molecule is COC(=O)c1c(NC(=S)N2C[C@@H]3C[C@H](C2)c2cccc(=O)n2C3)sc2c1CCCCCC2. The Morgan fingerprint density at radius 1 is 1.16 bits per heavy atom. The highest BCUT2D eigenvalue weighted by molar-refractivity contribution is 7.80. The molecule has 1 aliphatic carbocycles. The van der Waals surface area contributed by atoms with Crippen LogP contribution < -0.4 is 10.9 Å². The highest BCUT2D eigenvalue weighted by Gasteiger charge is 2.36. The van der Waals surface area contributed by atoms with Gasteiger partial charge in [-0.05, 0) is 61.9 Å². The van der Waals surface area contributed by atoms with E-state index in [1.807, 2.05) is 10.6 Å². The van der Waals surface area contributed by atoms with Crippen LogP contribution in [0.15, 0.2) is 23.0 Å². The molecule has 1 N–H and O–H groups in total. The van der Waals surface area contributed by atoms with Gasteiger partial charge in [-0.1, -0.05) is 18.9 Å². The number of thiocarbonyl (C=S) groups is 1. The quantitative estimate of drug-likeness (QED) is 0.524. The normalized spacial score (nSPS) is 22.2. The molecule has 2 aliphatic heterocycles. The molecule has 0 saturated carbocycles. The molecule has 1 fully saturated rings. The van der Waals surface area contributed by atoms with Crippen molar-refractivity contribution in [3.05, 3.63) is 50.3 Å². The van der Waals surface area contributed by atoms with E-state index < -0.39 is 0 Å². The first-order chi connectivity index (χ1) is 15.5. The molecule has 0 amide bonds. The molecular formula is C24H29N3O3S2. The lowest BCUT2D eigenvalue weighted by molar-refractivity contribution is 0.0601. The van der Waals surface area contributed by atoms with Crippen molar-refractivity contribution < 1.29 is 9.53 Å². The molecule has 1 saturated heterocycles. The zero-order valence-electron chi connectivity index (χ0n) is 18.4. The predicted molar refractivity (Wildman–Crippen MR) is 131 cm³/mol. The summed E-state index contributed by atoms with van der Waals surface area (Å²) < 4.78 is 7.08. The average molecular weight is 472 g/mol. The Labute approximate surface area is 197 Å². The third-order valence-electron chi connectivity index (χ3n) is 7.05. The highest BCUT2D eigenvalue weighted by Crippen LogP contribution is 2.39. The first kappa shape index (κ1) is 21.6. The molecule has 170 valence electrons. The van der Waals surface area contributed by atoms with Gasteiger partial charge in [-0.25, -0.2) is 4.79 Å². The van der Waals surface area contributed by atoms with Crippen LogP contribution in [0, 0.1) is 5.92 Å². The molecule has 0 spiro atoms. The fourth-order valence-electron chi connectivity index (χ4n) is 5.56. The molecule has 32 heavy (non-hydrogen) atoms. The lowest BCUT2D eigenvalue weighted by atomic mass is 9.83. The molecule has 8 heteroatoms. The number of hydrogen-bond acceptors (Lipinski definition) is 5. The summed E-state index contributed by atoms with van der Waals surface area (Å²) in [4.78, 5) is 28.5. The van der Waals surface area contributed by atoms with Crippen LogP contribution in [-0.2, 0) is 24.1 Å². The standard InChI is InChI=1S/C24H29N3O3S2/c1-30-23(29)21-17-7-4-2-3-5-9-19(17)32-22(21)25-24(31)26-12-15-11-16(14-26)18-8-6-10-20(28)27(18)13-15/h6,8,10,15-16H,2-5,7,9,11-14H2,1H3,(H,25,31)/t15-,16+/m0/s1. The Morgan fingerprint density at radius 3 is 2.78 bits per heavy atom. The summed E-state index contributed by atoms with van der Waals surface area (Å²) in [5.74, 6) is 0.404. The van der Waals surface area contributed by atoms with Gasteiger partial charge in [-0.15, -0.1) is 11.3 Å². The number of piperidine rings is 1. The molecule has 3 aliphatic rings. The Kier molecular flexibility index (Phi) is 6.07. The zero-order chi connectivity index (χ0) is 22.2. The summed E-state index contributed by atoms with van der Waals surface area (Å²) in [6.45, 7) is 2.34. The van der Waals surface area contributed by atoms with Crippen LogP contribution in [0.3, 0.4) is 0 Å². The molecule has 2 bridgehead atoms. The smallest absolute Gasteiger partial charge is 0.341 e. The fraction of sp³-hybridized carbons (Fsp3) is 0.542. The van der Waals surface area contributed by atoms with Crippen molar-refractivity contribution in [2.75, 3.05) is 25.5 Å². The number of carbonyl (C=O) groups is 1. The average Bonchev–Trinajstić information content (AvgIpc) is 3.09. The first-order valence-electron chi connectivity index (χ1n) is 11.5. The van der Waals surface area contributed by atoms with Crippen molar-refractivity contribution in [2.24, 2.45) is 5.92 Å². The van der Waals surface area contributed by atoms with Gasteiger partial charge in [0.25, 0.3) is 5.56 Å². The minimum atomic E-state index is -0.280. The molecule has 2 aromatic heterocycles. The van der Waals surface area contributed by atoms with Crippen molar-refractivity contribution in [2.45, 2.75) is 57.4 Å². The molecule has 2 aromatic rings. The Balaban J connectivity index is 1.39. The number of anilines is 1. The van der Waals surface area contributed by atoms with Crippen LogP contribution in [0.1, 0.15) is 64.5 Å². The fourth-order valence-corrected chi connectivity index (χ4v) is 7.16. The maximum atomic E-state index is 12.7. The maximum Gasteiger partial charge on any atom is 0.341 e. The first-order valence-corrected chi connectivity index (χ1v) is 12.8. The molecule has 2 atom stereocenters. The van der Waals surface area contributed by atoms with E-state index in [9.17, 15) is 9.59 Å². The number of hydrogen-bond donors (Lipinski definition) is 1. The highest BCUT2D eigenvalue weighted by atomic mass is 32.1. The second-order valence-electron chi connectivity index (χ2n) is 9.15. The summed E-state index contributed by atoms with van der Waals surface area (Å²) in [7, 11) is 1.45. The Bertz CT molecular complexity index is 1110. The predicted octanol–water partition coefficient (Wildman–Crippen LogP) is 4.17. The zero-order valence-corrected chi connectivity index (χ0v) is 20.0. The number of methoxy groups -OCH3 is 1. The van der Waals surface area contributed by atoms with Crippen molar-refractivity contribution >= 4 is 39.6 Å². The van der Waals surface area contributed by atoms with E-state index in [0.717, 1.165) is 68.0 Å². The second-order valence-corrected chi connectivity index (χ2v) is 10.6. The number of rotatable bonds is 2. The summed E-state index contributed by atoms with van der Waals surface area (Å²) in [6, 6.07) is 5.57. The van der Waals surface area contributed by atoms with E-state index in [-0.39, 0.29) is 11.5 Å². The van der Waals surface area contributed by atoms with Gasteiger partial charge >= 0.3 is 5.97 Å². The number of thiophene rings is 1.